The number of nitrogens with zero attached hydrogens (tertiary/aromatic N) is 1. The first-order valence-corrected chi connectivity index (χ1v) is 8.12. The van der Waals surface area contributed by atoms with Crippen molar-refractivity contribution in [2.24, 2.45) is 5.73 Å². The molecular formula is C19H21N3O3. The largest absolute Gasteiger partial charge is 0.497 e. The number of ether oxygens (including phenoxy) is 1. The fourth-order valence-corrected chi connectivity index (χ4v) is 3.23. The second-order valence-corrected chi connectivity index (χ2v) is 6.05. The predicted octanol–water partition coefficient (Wildman–Crippen LogP) is 2.38. The number of carbonyl (C=O) groups is 2. The lowest BCUT2D eigenvalue weighted by atomic mass is 9.94. The van der Waals surface area contributed by atoms with E-state index in [-0.39, 0.29) is 11.9 Å². The second-order valence-electron chi connectivity index (χ2n) is 6.05. The molecular weight excluding hydrogens is 318 g/mol. The molecule has 0 fully saturated rings. The molecule has 0 radical (unpaired) electrons. The van der Waals surface area contributed by atoms with Gasteiger partial charge in [0, 0.05) is 12.5 Å². The molecule has 1 aliphatic rings. The number of nitrogens with two attached hydrogens (primary N) is 1. The molecule has 0 saturated carbocycles. The lowest BCUT2D eigenvalue weighted by molar-refractivity contribution is -0.121. The number of carbonyl (C=O) groups excluding carboxylic acids is 2. The van der Waals surface area contributed by atoms with E-state index in [0.29, 0.717) is 12.2 Å². The minimum Gasteiger partial charge on any atom is -0.497 e. The summed E-state index contributed by atoms with van der Waals surface area (Å²) < 4.78 is 5.31. The van der Waals surface area contributed by atoms with Crippen LogP contribution in [0.25, 0.3) is 0 Å². The third kappa shape index (κ3) is 3.28. The number of fused-ring (bicyclic) bond motifs is 1. The summed E-state index contributed by atoms with van der Waals surface area (Å²) in [5.41, 5.74) is 8.00. The zero-order valence-electron chi connectivity index (χ0n) is 14.2. The number of hydrogen-bond donors (Lipinski definition) is 2. The van der Waals surface area contributed by atoms with Crippen LogP contribution in [-0.4, -0.2) is 25.1 Å². The number of amides is 3. The van der Waals surface area contributed by atoms with E-state index in [4.69, 9.17) is 10.5 Å². The molecule has 1 aliphatic heterocycles. The van der Waals surface area contributed by atoms with Crippen LogP contribution in [0.2, 0.25) is 0 Å². The van der Waals surface area contributed by atoms with Gasteiger partial charge in [0.05, 0.1) is 18.8 Å². The van der Waals surface area contributed by atoms with Crippen LogP contribution in [0.1, 0.15) is 24.1 Å². The molecule has 0 aromatic heterocycles. The van der Waals surface area contributed by atoms with Crippen molar-refractivity contribution in [1.82, 2.24) is 5.32 Å². The minimum absolute atomic E-state index is 0.184. The zero-order chi connectivity index (χ0) is 18.0. The fraction of sp³-hybridized carbons (Fsp3) is 0.263. The molecule has 0 saturated heterocycles. The first-order valence-electron chi connectivity index (χ1n) is 8.12. The quantitative estimate of drug-likeness (QED) is 0.897. The maximum Gasteiger partial charge on any atom is 0.312 e. The minimum atomic E-state index is -0.706. The third-order valence-electron chi connectivity index (χ3n) is 4.50. The van der Waals surface area contributed by atoms with Gasteiger partial charge in [-0.05, 0) is 24.1 Å². The Balaban J connectivity index is 2.06. The molecule has 0 spiro atoms. The van der Waals surface area contributed by atoms with E-state index in [1.807, 2.05) is 55.5 Å². The van der Waals surface area contributed by atoms with E-state index in [2.05, 4.69) is 5.32 Å². The Labute approximate surface area is 146 Å². The number of primary amides is 1. The summed E-state index contributed by atoms with van der Waals surface area (Å²) in [6, 6.07) is 13.8. The van der Waals surface area contributed by atoms with Crippen LogP contribution >= 0.6 is 0 Å². The van der Waals surface area contributed by atoms with Crippen LogP contribution in [0.15, 0.2) is 48.5 Å². The molecule has 6 nitrogen and oxygen atoms in total. The normalized spacial score (nSPS) is 17.6. The van der Waals surface area contributed by atoms with Crippen LogP contribution in [0.3, 0.4) is 0 Å². The molecule has 1 heterocycles. The van der Waals surface area contributed by atoms with Crippen LogP contribution in [0.4, 0.5) is 10.5 Å². The lowest BCUT2D eigenvalue weighted by Gasteiger charge is -2.38. The molecule has 0 unspecified atom stereocenters. The van der Waals surface area contributed by atoms with Gasteiger partial charge in [-0.1, -0.05) is 36.4 Å². The van der Waals surface area contributed by atoms with Gasteiger partial charge in [-0.15, -0.1) is 0 Å². The molecule has 2 aromatic carbocycles. The van der Waals surface area contributed by atoms with E-state index in [0.717, 1.165) is 16.8 Å². The second kappa shape index (κ2) is 6.84. The lowest BCUT2D eigenvalue weighted by Crippen LogP contribution is -2.54. The average Bonchev–Trinajstić information content (AvgIpc) is 2.62. The molecule has 3 rings (SSSR count). The Hall–Kier alpha value is -3.02. The summed E-state index contributed by atoms with van der Waals surface area (Å²) in [6.07, 6.45) is 0.402. The third-order valence-corrected chi connectivity index (χ3v) is 4.50. The summed E-state index contributed by atoms with van der Waals surface area (Å²) in [5, 5.41) is 2.55. The van der Waals surface area contributed by atoms with Gasteiger partial charge in [-0.25, -0.2) is 4.79 Å². The maximum atomic E-state index is 13.1. The molecule has 3 N–H and O–H groups in total. The number of anilines is 1. The highest BCUT2D eigenvalue weighted by molar-refractivity contribution is 6.02. The molecule has 2 aromatic rings. The van der Waals surface area contributed by atoms with Crippen LogP contribution < -0.4 is 20.7 Å². The fourth-order valence-electron chi connectivity index (χ4n) is 3.23. The van der Waals surface area contributed by atoms with Gasteiger partial charge in [0.25, 0.3) is 5.91 Å². The van der Waals surface area contributed by atoms with E-state index in [1.54, 1.807) is 12.0 Å². The van der Waals surface area contributed by atoms with E-state index < -0.39 is 12.1 Å². The number of methoxy groups -OCH3 is 1. The monoisotopic (exact) mass is 339 g/mol. The summed E-state index contributed by atoms with van der Waals surface area (Å²) in [4.78, 5) is 26.1. The van der Waals surface area contributed by atoms with E-state index in [1.165, 1.54) is 0 Å². The first kappa shape index (κ1) is 16.8. The number of rotatable bonds is 4. The Kier molecular flexibility index (Phi) is 4.61. The average molecular weight is 339 g/mol. The topological polar surface area (TPSA) is 84.7 Å². The molecule has 6 heteroatoms. The Morgan fingerprint density at radius 3 is 2.64 bits per heavy atom. The maximum absolute atomic E-state index is 13.1. The summed E-state index contributed by atoms with van der Waals surface area (Å²) in [5.74, 6) is 0.494. The highest BCUT2D eigenvalue weighted by Gasteiger charge is 2.36. The zero-order valence-corrected chi connectivity index (χ0v) is 14.2. The molecule has 0 aliphatic carbocycles. The highest BCUT2D eigenvalue weighted by Crippen LogP contribution is 2.37. The van der Waals surface area contributed by atoms with Crippen molar-refractivity contribution in [3.05, 3.63) is 59.7 Å². The van der Waals surface area contributed by atoms with Crippen LogP contribution in [0, 0.1) is 0 Å². The standard InChI is InChI=1S/C19H21N3O3/c1-12(13-6-4-3-5-7-13)22-17-11-15(25-2)9-8-14(17)10-16(18(22)23)21-19(20)24/h3-9,11-12,16H,10H2,1-2H3,(H3,20,21,24)/t12-,16+/m0/s1. The number of urea groups is 1. The number of hydrogen-bond acceptors (Lipinski definition) is 3. The van der Waals surface area contributed by atoms with Gasteiger partial charge < -0.3 is 20.7 Å². The molecule has 3 amide bonds. The van der Waals surface area contributed by atoms with Crippen molar-refractivity contribution in [2.45, 2.75) is 25.4 Å². The highest BCUT2D eigenvalue weighted by atomic mass is 16.5. The summed E-state index contributed by atoms with van der Waals surface area (Å²) >= 11 is 0. The van der Waals surface area contributed by atoms with Crippen LogP contribution in [-0.2, 0) is 11.2 Å². The van der Waals surface area contributed by atoms with Gasteiger partial charge in [-0.2, -0.15) is 0 Å². The van der Waals surface area contributed by atoms with E-state index in [9.17, 15) is 9.59 Å². The van der Waals surface area contributed by atoms with Gasteiger partial charge in [0.1, 0.15) is 11.8 Å². The number of nitrogens with one attached hydrogen (secondary N) is 1. The van der Waals surface area contributed by atoms with Crippen molar-refractivity contribution in [1.29, 1.82) is 0 Å². The van der Waals surface area contributed by atoms with Crippen molar-refractivity contribution in [3.63, 3.8) is 0 Å². The Morgan fingerprint density at radius 1 is 1.28 bits per heavy atom. The molecule has 2 atom stereocenters. The molecule has 0 bridgehead atoms. The van der Waals surface area contributed by atoms with E-state index >= 15 is 0 Å². The summed E-state index contributed by atoms with van der Waals surface area (Å²) in [6.45, 7) is 1.96. The SMILES string of the molecule is COc1ccc2c(c1)N([C@@H](C)c1ccccc1)C(=O)[C@H](NC(N)=O)C2. The van der Waals surface area contributed by atoms with Crippen molar-refractivity contribution in [2.75, 3.05) is 12.0 Å². The van der Waals surface area contributed by atoms with Gasteiger partial charge >= 0.3 is 6.03 Å². The van der Waals surface area contributed by atoms with Crippen molar-refractivity contribution in [3.8, 4) is 5.75 Å². The van der Waals surface area contributed by atoms with Gasteiger partial charge in [-0.3, -0.25) is 4.79 Å². The molecule has 130 valence electrons. The number of benzene rings is 2. The Morgan fingerprint density at radius 2 is 2.00 bits per heavy atom. The molecule has 25 heavy (non-hydrogen) atoms. The van der Waals surface area contributed by atoms with Crippen LogP contribution in [0.5, 0.6) is 5.75 Å². The van der Waals surface area contributed by atoms with Gasteiger partial charge in [0.2, 0.25) is 0 Å². The summed E-state index contributed by atoms with van der Waals surface area (Å²) in [7, 11) is 1.59. The van der Waals surface area contributed by atoms with Crippen molar-refractivity contribution < 1.29 is 14.3 Å². The van der Waals surface area contributed by atoms with Gasteiger partial charge in [0.15, 0.2) is 0 Å². The Bertz CT molecular complexity index is 792. The first-order chi connectivity index (χ1) is 12.0. The predicted molar refractivity (Wildman–Crippen MR) is 95.5 cm³/mol. The van der Waals surface area contributed by atoms with Crippen molar-refractivity contribution >= 4 is 17.6 Å². The smallest absolute Gasteiger partial charge is 0.312 e.